The van der Waals surface area contributed by atoms with E-state index in [-0.39, 0.29) is 0 Å². The lowest BCUT2D eigenvalue weighted by atomic mass is 9.99. The Morgan fingerprint density at radius 3 is 2.94 bits per heavy atom. The van der Waals surface area contributed by atoms with Gasteiger partial charge in [0.25, 0.3) is 0 Å². The molecule has 1 heterocycles. The monoisotopic (exact) mass is 280 g/mol. The molecule has 0 radical (unpaired) electrons. The number of benzene rings is 1. The van der Waals surface area contributed by atoms with Crippen molar-refractivity contribution in [3.63, 3.8) is 0 Å². The molecule has 2 nitrogen and oxygen atoms in total. The number of nitrogens with one attached hydrogen (secondary N) is 1. The molecule has 0 saturated heterocycles. The van der Waals surface area contributed by atoms with Crippen LogP contribution < -0.4 is 5.32 Å². The van der Waals surface area contributed by atoms with E-state index in [0.29, 0.717) is 6.04 Å². The first-order valence-corrected chi connectivity index (χ1v) is 7.79. The lowest BCUT2D eigenvalue weighted by molar-refractivity contribution is 0.482. The normalized spacial score (nSPS) is 18.3. The third-order valence-corrected chi connectivity index (χ3v) is 5.04. The van der Waals surface area contributed by atoms with Gasteiger partial charge in [0.05, 0.1) is 20.9 Å². The number of rotatable bonds is 3. The van der Waals surface area contributed by atoms with Crippen molar-refractivity contribution in [1.29, 1.82) is 0 Å². The highest BCUT2D eigenvalue weighted by molar-refractivity contribution is 7.16. The van der Waals surface area contributed by atoms with Crippen molar-refractivity contribution in [1.82, 2.24) is 4.98 Å². The van der Waals surface area contributed by atoms with Crippen molar-refractivity contribution in [2.45, 2.75) is 38.6 Å². The first-order chi connectivity index (χ1) is 8.75. The van der Waals surface area contributed by atoms with Gasteiger partial charge < -0.3 is 5.32 Å². The molecule has 1 atom stereocenters. The van der Waals surface area contributed by atoms with Crippen molar-refractivity contribution in [3.8, 4) is 0 Å². The van der Waals surface area contributed by atoms with Gasteiger partial charge in [-0.2, -0.15) is 0 Å². The van der Waals surface area contributed by atoms with Gasteiger partial charge in [-0.3, -0.25) is 0 Å². The zero-order chi connectivity index (χ0) is 12.5. The van der Waals surface area contributed by atoms with Crippen LogP contribution in [0, 0.1) is 5.92 Å². The van der Waals surface area contributed by atoms with Crippen molar-refractivity contribution in [2.24, 2.45) is 5.92 Å². The van der Waals surface area contributed by atoms with E-state index in [4.69, 9.17) is 11.6 Å². The minimum Gasteiger partial charge on any atom is -0.379 e. The summed E-state index contributed by atoms with van der Waals surface area (Å²) in [5, 5.41) is 4.37. The predicted octanol–water partition coefficient (Wildman–Crippen LogP) is 4.94. The summed E-state index contributed by atoms with van der Waals surface area (Å²) in [7, 11) is 0. The summed E-state index contributed by atoms with van der Waals surface area (Å²) in [6.45, 7) is 2.26. The molecular formula is C14H17ClN2S. The van der Waals surface area contributed by atoms with Crippen LogP contribution in [0.15, 0.2) is 17.6 Å². The molecule has 4 heteroatoms. The lowest BCUT2D eigenvalue weighted by Crippen LogP contribution is -2.24. The van der Waals surface area contributed by atoms with E-state index >= 15 is 0 Å². The average molecular weight is 281 g/mol. The van der Waals surface area contributed by atoms with Crippen LogP contribution in [-0.4, -0.2) is 11.0 Å². The number of halogens is 1. The van der Waals surface area contributed by atoms with Crippen molar-refractivity contribution >= 4 is 38.8 Å². The Morgan fingerprint density at radius 2 is 2.17 bits per heavy atom. The predicted molar refractivity (Wildman–Crippen MR) is 79.7 cm³/mol. The molecule has 1 aromatic heterocycles. The standard InChI is InChI=1S/C14H17ClN2S/c1-9(10-4-2-3-5-10)17-13-11(15)6-7-12-14(13)16-8-18-12/h6-10,17H,2-5H2,1H3. The van der Waals surface area contributed by atoms with E-state index < -0.39 is 0 Å². The third-order valence-electron chi connectivity index (χ3n) is 3.93. The van der Waals surface area contributed by atoms with Crippen LogP contribution in [0.1, 0.15) is 32.6 Å². The summed E-state index contributed by atoms with van der Waals surface area (Å²) in [5.74, 6) is 0.773. The van der Waals surface area contributed by atoms with Gasteiger partial charge in [-0.15, -0.1) is 11.3 Å². The van der Waals surface area contributed by atoms with Crippen molar-refractivity contribution in [2.75, 3.05) is 5.32 Å². The average Bonchev–Trinajstić information content (AvgIpc) is 3.02. The molecule has 0 spiro atoms. The SMILES string of the molecule is CC(Nc1c(Cl)ccc2scnc12)C1CCCC1. The fourth-order valence-corrected chi connectivity index (χ4v) is 3.74. The molecule has 2 aromatic rings. The van der Waals surface area contributed by atoms with Gasteiger partial charge in [0.1, 0.15) is 5.52 Å². The van der Waals surface area contributed by atoms with Crippen LogP contribution in [0.4, 0.5) is 5.69 Å². The second-order valence-electron chi connectivity index (χ2n) is 5.10. The Labute approximate surface area is 116 Å². The van der Waals surface area contributed by atoms with E-state index in [1.54, 1.807) is 11.3 Å². The highest BCUT2D eigenvalue weighted by Gasteiger charge is 2.22. The highest BCUT2D eigenvalue weighted by atomic mass is 35.5. The summed E-state index contributed by atoms with van der Waals surface area (Å²) >= 11 is 7.97. The number of fused-ring (bicyclic) bond motifs is 1. The Hall–Kier alpha value is -0.800. The minimum absolute atomic E-state index is 0.470. The molecule has 1 unspecified atom stereocenters. The van der Waals surface area contributed by atoms with Gasteiger partial charge >= 0.3 is 0 Å². The maximum atomic E-state index is 6.31. The van der Waals surface area contributed by atoms with E-state index in [1.165, 1.54) is 30.4 Å². The fourth-order valence-electron chi connectivity index (χ4n) is 2.85. The molecular weight excluding hydrogens is 264 g/mol. The number of anilines is 1. The summed E-state index contributed by atoms with van der Waals surface area (Å²) in [6.07, 6.45) is 5.40. The number of thiazole rings is 1. The van der Waals surface area contributed by atoms with Gasteiger partial charge in [-0.05, 0) is 37.8 Å². The topological polar surface area (TPSA) is 24.9 Å². The van der Waals surface area contributed by atoms with E-state index in [9.17, 15) is 0 Å². The molecule has 18 heavy (non-hydrogen) atoms. The molecule has 1 aliphatic carbocycles. The van der Waals surface area contributed by atoms with Gasteiger partial charge in [0.15, 0.2) is 0 Å². The molecule has 1 fully saturated rings. The molecule has 1 aliphatic rings. The molecule has 0 bridgehead atoms. The quantitative estimate of drug-likeness (QED) is 0.861. The molecule has 0 amide bonds. The zero-order valence-corrected chi connectivity index (χ0v) is 12.0. The van der Waals surface area contributed by atoms with Gasteiger partial charge in [-0.25, -0.2) is 4.98 Å². The van der Waals surface area contributed by atoms with Crippen LogP contribution in [0.5, 0.6) is 0 Å². The number of hydrogen-bond acceptors (Lipinski definition) is 3. The van der Waals surface area contributed by atoms with E-state index in [1.807, 2.05) is 17.6 Å². The molecule has 1 saturated carbocycles. The number of aromatic nitrogens is 1. The number of hydrogen-bond donors (Lipinski definition) is 1. The van der Waals surface area contributed by atoms with Crippen LogP contribution in [0.2, 0.25) is 5.02 Å². The zero-order valence-electron chi connectivity index (χ0n) is 10.4. The van der Waals surface area contributed by atoms with Crippen LogP contribution in [0.25, 0.3) is 10.2 Å². The fraction of sp³-hybridized carbons (Fsp3) is 0.500. The van der Waals surface area contributed by atoms with Gasteiger partial charge in [-0.1, -0.05) is 24.4 Å². The van der Waals surface area contributed by atoms with Crippen LogP contribution in [-0.2, 0) is 0 Å². The molecule has 3 rings (SSSR count). The summed E-state index contributed by atoms with van der Waals surface area (Å²) < 4.78 is 1.19. The summed E-state index contributed by atoms with van der Waals surface area (Å²) in [5.41, 5.74) is 3.90. The lowest BCUT2D eigenvalue weighted by Gasteiger charge is -2.22. The van der Waals surface area contributed by atoms with E-state index in [2.05, 4.69) is 17.2 Å². The maximum Gasteiger partial charge on any atom is 0.106 e. The highest BCUT2D eigenvalue weighted by Crippen LogP contribution is 2.35. The molecule has 1 aromatic carbocycles. The number of nitrogens with zero attached hydrogens (tertiary/aromatic N) is 1. The largest absolute Gasteiger partial charge is 0.379 e. The first kappa shape index (κ1) is 12.2. The van der Waals surface area contributed by atoms with Gasteiger partial charge in [0.2, 0.25) is 0 Å². The van der Waals surface area contributed by atoms with Crippen LogP contribution >= 0.6 is 22.9 Å². The molecule has 96 valence electrons. The summed E-state index contributed by atoms with van der Waals surface area (Å²) in [6, 6.07) is 4.48. The Bertz CT molecular complexity index is 546. The first-order valence-electron chi connectivity index (χ1n) is 6.54. The van der Waals surface area contributed by atoms with Gasteiger partial charge in [0, 0.05) is 6.04 Å². The Balaban J connectivity index is 1.88. The second-order valence-corrected chi connectivity index (χ2v) is 6.39. The minimum atomic E-state index is 0.470. The second kappa shape index (κ2) is 5.06. The maximum absolute atomic E-state index is 6.31. The Kier molecular flexibility index (Phi) is 3.44. The smallest absolute Gasteiger partial charge is 0.106 e. The third kappa shape index (κ3) is 2.21. The van der Waals surface area contributed by atoms with Crippen molar-refractivity contribution in [3.05, 3.63) is 22.7 Å². The summed E-state index contributed by atoms with van der Waals surface area (Å²) in [4.78, 5) is 4.43. The van der Waals surface area contributed by atoms with Crippen molar-refractivity contribution < 1.29 is 0 Å². The van der Waals surface area contributed by atoms with Crippen LogP contribution in [0.3, 0.4) is 0 Å². The molecule has 1 N–H and O–H groups in total. The molecule has 0 aliphatic heterocycles. The Morgan fingerprint density at radius 1 is 1.39 bits per heavy atom. The van der Waals surface area contributed by atoms with E-state index in [0.717, 1.165) is 22.1 Å².